The number of hydrogen-bond acceptors (Lipinski definition) is 5. The first kappa shape index (κ1) is 19.6. The second kappa shape index (κ2) is 8.25. The van der Waals surface area contributed by atoms with Crippen molar-refractivity contribution in [2.24, 2.45) is 0 Å². The van der Waals surface area contributed by atoms with Gasteiger partial charge in [0.15, 0.2) is 6.61 Å². The van der Waals surface area contributed by atoms with Gasteiger partial charge in [0.1, 0.15) is 11.8 Å². The number of carbonyl (C=O) groups is 1. The number of carbonyl (C=O) groups excluding carboxylic acids is 1. The van der Waals surface area contributed by atoms with E-state index < -0.39 is 6.04 Å². The van der Waals surface area contributed by atoms with Crippen molar-refractivity contribution in [1.29, 1.82) is 0 Å². The Bertz CT molecular complexity index is 912. The maximum Gasteiger partial charge on any atom is 0.258 e. The summed E-state index contributed by atoms with van der Waals surface area (Å²) < 4.78 is 10.8. The van der Waals surface area contributed by atoms with E-state index in [4.69, 9.17) is 9.26 Å². The summed E-state index contributed by atoms with van der Waals surface area (Å²) in [5.41, 5.74) is 2.19. The first-order valence-corrected chi connectivity index (χ1v) is 9.24. The van der Waals surface area contributed by atoms with E-state index in [0.717, 1.165) is 5.56 Å². The highest BCUT2D eigenvalue weighted by molar-refractivity contribution is 5.77. The molecule has 0 radical (unpaired) electrons. The molecule has 3 aromatic rings. The average molecular weight is 379 g/mol. The van der Waals surface area contributed by atoms with Gasteiger partial charge in [-0.05, 0) is 30.0 Å². The van der Waals surface area contributed by atoms with E-state index in [0.29, 0.717) is 17.5 Å². The molecule has 0 aliphatic rings. The van der Waals surface area contributed by atoms with Crippen LogP contribution in [0.15, 0.2) is 59.1 Å². The van der Waals surface area contributed by atoms with Crippen LogP contribution < -0.4 is 10.1 Å². The molecule has 0 aliphatic heterocycles. The zero-order chi connectivity index (χ0) is 20.1. The normalized spacial score (nSPS) is 12.4. The summed E-state index contributed by atoms with van der Waals surface area (Å²) in [5.74, 6) is 1.23. The smallest absolute Gasteiger partial charge is 0.258 e. The molecule has 1 unspecified atom stereocenters. The molecule has 1 heterocycles. The highest BCUT2D eigenvalue weighted by Gasteiger charge is 2.18. The Morgan fingerprint density at radius 3 is 2.43 bits per heavy atom. The van der Waals surface area contributed by atoms with Gasteiger partial charge in [0.2, 0.25) is 11.7 Å². The molecule has 6 heteroatoms. The number of benzene rings is 2. The van der Waals surface area contributed by atoms with Gasteiger partial charge in [-0.15, -0.1) is 0 Å². The van der Waals surface area contributed by atoms with Crippen molar-refractivity contribution in [3.63, 3.8) is 0 Å². The Balaban J connectivity index is 1.59. The third kappa shape index (κ3) is 4.97. The molecule has 3 rings (SSSR count). The van der Waals surface area contributed by atoms with E-state index in [1.165, 1.54) is 5.56 Å². The number of ether oxygens (including phenoxy) is 1. The predicted octanol–water partition coefficient (Wildman–Crippen LogP) is 4.29. The van der Waals surface area contributed by atoms with E-state index in [-0.39, 0.29) is 17.9 Å². The number of nitrogens with one attached hydrogen (secondary N) is 1. The first-order valence-electron chi connectivity index (χ1n) is 9.24. The van der Waals surface area contributed by atoms with Crippen LogP contribution in [-0.4, -0.2) is 22.7 Å². The third-order valence-corrected chi connectivity index (χ3v) is 4.31. The fourth-order valence-corrected chi connectivity index (χ4v) is 2.66. The van der Waals surface area contributed by atoms with Gasteiger partial charge in [-0.1, -0.05) is 68.4 Å². The van der Waals surface area contributed by atoms with Crippen molar-refractivity contribution in [2.45, 2.75) is 39.2 Å². The fraction of sp³-hybridized carbons (Fsp3) is 0.318. The summed E-state index contributed by atoms with van der Waals surface area (Å²) in [6, 6.07) is 16.9. The molecule has 2 aromatic carbocycles. The summed E-state index contributed by atoms with van der Waals surface area (Å²) in [6.07, 6.45) is 0. The number of aromatic nitrogens is 2. The molecule has 1 atom stereocenters. The molecule has 0 fully saturated rings. The first-order chi connectivity index (χ1) is 13.3. The summed E-state index contributed by atoms with van der Waals surface area (Å²) >= 11 is 0. The number of nitrogens with zero attached hydrogens (tertiary/aromatic N) is 2. The minimum absolute atomic E-state index is 0.0797. The van der Waals surface area contributed by atoms with Crippen LogP contribution in [0.5, 0.6) is 5.75 Å². The van der Waals surface area contributed by atoms with Crippen LogP contribution >= 0.6 is 0 Å². The van der Waals surface area contributed by atoms with Gasteiger partial charge in [-0.3, -0.25) is 4.79 Å². The van der Waals surface area contributed by atoms with Crippen LogP contribution in [0.1, 0.15) is 45.2 Å². The van der Waals surface area contributed by atoms with Crippen molar-refractivity contribution in [1.82, 2.24) is 15.5 Å². The van der Waals surface area contributed by atoms with E-state index in [1.807, 2.05) is 30.3 Å². The van der Waals surface area contributed by atoms with Crippen molar-refractivity contribution in [3.8, 4) is 17.1 Å². The maximum atomic E-state index is 12.1. The van der Waals surface area contributed by atoms with Gasteiger partial charge in [-0.2, -0.15) is 4.98 Å². The zero-order valence-electron chi connectivity index (χ0n) is 16.6. The van der Waals surface area contributed by atoms with Gasteiger partial charge < -0.3 is 14.6 Å². The monoisotopic (exact) mass is 379 g/mol. The van der Waals surface area contributed by atoms with Gasteiger partial charge in [-0.25, -0.2) is 0 Å². The van der Waals surface area contributed by atoms with Crippen LogP contribution in [0.4, 0.5) is 0 Å². The van der Waals surface area contributed by atoms with Gasteiger partial charge >= 0.3 is 0 Å². The largest absolute Gasteiger partial charge is 0.484 e. The molecule has 0 bridgehead atoms. The molecule has 1 N–H and O–H groups in total. The maximum absolute atomic E-state index is 12.1. The molecule has 0 saturated heterocycles. The van der Waals surface area contributed by atoms with Gasteiger partial charge in [0, 0.05) is 5.56 Å². The molecule has 28 heavy (non-hydrogen) atoms. The fourth-order valence-electron chi connectivity index (χ4n) is 2.66. The lowest BCUT2D eigenvalue weighted by atomic mass is 9.87. The van der Waals surface area contributed by atoms with Crippen molar-refractivity contribution in [2.75, 3.05) is 6.61 Å². The molecule has 0 aliphatic carbocycles. The topological polar surface area (TPSA) is 77.2 Å². The zero-order valence-corrected chi connectivity index (χ0v) is 16.6. The quantitative estimate of drug-likeness (QED) is 0.691. The summed E-state index contributed by atoms with van der Waals surface area (Å²) in [4.78, 5) is 16.5. The summed E-state index contributed by atoms with van der Waals surface area (Å²) in [5, 5.41) is 6.83. The van der Waals surface area contributed by atoms with E-state index >= 15 is 0 Å². The lowest BCUT2D eigenvalue weighted by molar-refractivity contribution is -0.123. The van der Waals surface area contributed by atoms with Crippen LogP contribution in [0.2, 0.25) is 0 Å². The lowest BCUT2D eigenvalue weighted by Crippen LogP contribution is -2.31. The number of amides is 1. The minimum atomic E-state index is -0.415. The predicted molar refractivity (Wildman–Crippen MR) is 107 cm³/mol. The van der Waals surface area contributed by atoms with E-state index in [2.05, 4.69) is 48.4 Å². The standard InChI is InChI=1S/C22H25N3O3/c1-15(23-19(26)14-27-18-8-6-5-7-9-18)21-24-20(25-28-21)16-10-12-17(13-11-16)22(2,3)4/h5-13,15H,14H2,1-4H3,(H,23,26). The minimum Gasteiger partial charge on any atom is -0.484 e. The molecule has 6 nitrogen and oxygen atoms in total. The average Bonchev–Trinajstić information content (AvgIpc) is 3.17. The Labute approximate surface area is 164 Å². The lowest BCUT2D eigenvalue weighted by Gasteiger charge is -2.18. The second-order valence-corrected chi connectivity index (χ2v) is 7.67. The Hall–Kier alpha value is -3.15. The molecule has 146 valence electrons. The number of hydrogen-bond donors (Lipinski definition) is 1. The van der Waals surface area contributed by atoms with Gasteiger partial charge in [0.25, 0.3) is 5.91 Å². The van der Waals surface area contributed by atoms with Crippen LogP contribution in [0.25, 0.3) is 11.4 Å². The van der Waals surface area contributed by atoms with Crippen LogP contribution in [0, 0.1) is 0 Å². The van der Waals surface area contributed by atoms with E-state index in [9.17, 15) is 4.79 Å². The molecular weight excluding hydrogens is 354 g/mol. The molecule has 0 saturated carbocycles. The summed E-state index contributed by atoms with van der Waals surface area (Å²) in [6.45, 7) is 8.21. The second-order valence-electron chi connectivity index (χ2n) is 7.67. The molecule has 1 aromatic heterocycles. The van der Waals surface area contributed by atoms with Crippen molar-refractivity contribution >= 4 is 5.91 Å². The Kier molecular flexibility index (Phi) is 5.78. The highest BCUT2D eigenvalue weighted by Crippen LogP contribution is 2.25. The highest BCUT2D eigenvalue weighted by atomic mass is 16.5. The molecule has 0 spiro atoms. The van der Waals surface area contributed by atoms with Gasteiger partial charge in [0.05, 0.1) is 0 Å². The number of rotatable bonds is 6. The van der Waals surface area contributed by atoms with Crippen molar-refractivity contribution < 1.29 is 14.1 Å². The Morgan fingerprint density at radius 2 is 1.79 bits per heavy atom. The SMILES string of the molecule is CC(NC(=O)COc1ccccc1)c1nc(-c2ccc(C(C)(C)C)cc2)no1. The third-order valence-electron chi connectivity index (χ3n) is 4.31. The van der Waals surface area contributed by atoms with Crippen molar-refractivity contribution in [3.05, 3.63) is 66.1 Å². The van der Waals surface area contributed by atoms with E-state index in [1.54, 1.807) is 19.1 Å². The summed E-state index contributed by atoms with van der Waals surface area (Å²) in [7, 11) is 0. The number of para-hydroxylation sites is 1. The Morgan fingerprint density at radius 1 is 1.11 bits per heavy atom. The van der Waals surface area contributed by atoms with Crippen LogP contribution in [0.3, 0.4) is 0 Å². The molecular formula is C22H25N3O3. The molecule has 1 amide bonds. The van der Waals surface area contributed by atoms with Crippen LogP contribution in [-0.2, 0) is 10.2 Å².